The molecule has 0 radical (unpaired) electrons. The van der Waals surface area contributed by atoms with Crippen LogP contribution in [0.1, 0.15) is 36.6 Å². The molecule has 2 aromatic heterocycles. The number of nitrogens with zero attached hydrogens (tertiary/aromatic N) is 4. The number of rotatable bonds is 6. The summed E-state index contributed by atoms with van der Waals surface area (Å²) >= 11 is 0. The molecule has 0 atom stereocenters. The van der Waals surface area contributed by atoms with E-state index in [1.165, 1.54) is 6.08 Å². The van der Waals surface area contributed by atoms with Gasteiger partial charge < -0.3 is 15.3 Å². The fourth-order valence-electron chi connectivity index (χ4n) is 4.44. The van der Waals surface area contributed by atoms with Crippen LogP contribution in [0.4, 0.5) is 10.2 Å². The Balaban J connectivity index is 2.07. The van der Waals surface area contributed by atoms with Crippen LogP contribution in [-0.4, -0.2) is 46.5 Å². The molecule has 3 aromatic rings. The van der Waals surface area contributed by atoms with Crippen molar-refractivity contribution in [2.45, 2.75) is 26.7 Å². The van der Waals surface area contributed by atoms with E-state index in [0.29, 0.717) is 28.3 Å². The Morgan fingerprint density at radius 3 is 2.56 bits per heavy atom. The van der Waals surface area contributed by atoms with Crippen LogP contribution < -0.4 is 10.2 Å². The summed E-state index contributed by atoms with van der Waals surface area (Å²) in [6.45, 7) is 16.3. The minimum absolute atomic E-state index is 0.0227. The molecule has 1 fully saturated rings. The first kappa shape index (κ1) is 23.6. The number of hydrogen-bond donors (Lipinski definition) is 2. The molecule has 4 rings (SSSR count). The molecule has 2 N–H and O–H groups in total. The molecule has 1 aliphatic heterocycles. The van der Waals surface area contributed by atoms with Gasteiger partial charge in [-0.05, 0) is 30.5 Å². The first-order chi connectivity index (χ1) is 16.3. The Morgan fingerprint density at radius 1 is 1.21 bits per heavy atom. The third-order valence-corrected chi connectivity index (χ3v) is 6.17. The van der Waals surface area contributed by atoms with Gasteiger partial charge in [-0.25, -0.2) is 9.37 Å². The lowest BCUT2D eigenvalue weighted by atomic mass is 9.92. The van der Waals surface area contributed by atoms with Crippen LogP contribution in [0.25, 0.3) is 27.7 Å². The average molecular weight is 460 g/mol. The first-order valence-corrected chi connectivity index (χ1v) is 11.5. The van der Waals surface area contributed by atoms with Gasteiger partial charge in [-0.2, -0.15) is 0 Å². The van der Waals surface area contributed by atoms with E-state index in [4.69, 9.17) is 4.98 Å². The molecule has 3 heterocycles. The van der Waals surface area contributed by atoms with E-state index in [9.17, 15) is 9.50 Å². The number of allylic oxidation sites excluding steroid dienone is 3. The summed E-state index contributed by atoms with van der Waals surface area (Å²) in [7, 11) is 0. The number of halogens is 1. The molecular formula is C27H30FN5O. The van der Waals surface area contributed by atoms with Crippen molar-refractivity contribution >= 4 is 22.3 Å². The summed E-state index contributed by atoms with van der Waals surface area (Å²) in [6, 6.07) is 9.92. The molecule has 34 heavy (non-hydrogen) atoms. The van der Waals surface area contributed by atoms with E-state index in [1.54, 1.807) is 6.92 Å². The van der Waals surface area contributed by atoms with Crippen molar-refractivity contribution in [3.05, 3.63) is 78.0 Å². The zero-order chi connectivity index (χ0) is 24.4. The van der Waals surface area contributed by atoms with Crippen molar-refractivity contribution in [3.8, 4) is 11.3 Å². The quantitative estimate of drug-likeness (QED) is 0.376. The highest BCUT2D eigenvalue weighted by atomic mass is 19.1. The maximum absolute atomic E-state index is 14.5. The van der Waals surface area contributed by atoms with Crippen LogP contribution in [0.15, 0.2) is 61.2 Å². The number of aliphatic hydroxyl groups excluding tert-OH is 1. The van der Waals surface area contributed by atoms with Crippen LogP contribution >= 0.6 is 0 Å². The van der Waals surface area contributed by atoms with Gasteiger partial charge in [-0.1, -0.05) is 51.3 Å². The SMILES string of the molecule is C=C/C(O)=C(\C(=C)F)c1cc2c(-c3ccccc3C(C)C)nnc(N3CCNCC3)c2nc1C. The van der Waals surface area contributed by atoms with Gasteiger partial charge in [0, 0.05) is 48.4 Å². The molecule has 0 amide bonds. The van der Waals surface area contributed by atoms with Gasteiger partial charge in [0.2, 0.25) is 0 Å². The molecule has 0 spiro atoms. The van der Waals surface area contributed by atoms with Crippen LogP contribution in [-0.2, 0) is 0 Å². The third kappa shape index (κ3) is 4.31. The Morgan fingerprint density at radius 2 is 1.91 bits per heavy atom. The highest BCUT2D eigenvalue weighted by Crippen LogP contribution is 2.38. The third-order valence-electron chi connectivity index (χ3n) is 6.17. The minimum atomic E-state index is -0.755. The lowest BCUT2D eigenvalue weighted by Gasteiger charge is -2.29. The van der Waals surface area contributed by atoms with Crippen molar-refractivity contribution in [2.24, 2.45) is 0 Å². The standard InChI is InChI=1S/C27H30FN5O/c1-6-23(34)24(17(4)28)21-15-22-25(20-10-8-7-9-19(20)16(2)3)31-32-27(26(22)30-18(21)5)33-13-11-29-12-14-33/h6-10,15-16,29,34H,1,4,11-14H2,2-3,5H3/b24-23-. The summed E-state index contributed by atoms with van der Waals surface area (Å²) in [5.74, 6) is -0.0699. The van der Waals surface area contributed by atoms with Crippen LogP contribution in [0.2, 0.25) is 0 Å². The van der Waals surface area contributed by atoms with E-state index in [1.807, 2.05) is 24.3 Å². The number of fused-ring (bicyclic) bond motifs is 1. The number of aromatic nitrogens is 3. The van der Waals surface area contributed by atoms with Crippen molar-refractivity contribution < 1.29 is 9.50 Å². The molecule has 1 aromatic carbocycles. The van der Waals surface area contributed by atoms with Crippen molar-refractivity contribution in [2.75, 3.05) is 31.1 Å². The molecule has 0 saturated carbocycles. The lowest BCUT2D eigenvalue weighted by Crippen LogP contribution is -2.44. The molecule has 7 heteroatoms. The highest BCUT2D eigenvalue weighted by molar-refractivity contribution is 6.01. The Kier molecular flexibility index (Phi) is 6.75. The highest BCUT2D eigenvalue weighted by Gasteiger charge is 2.24. The number of anilines is 1. The van der Waals surface area contributed by atoms with E-state index >= 15 is 0 Å². The Bertz CT molecular complexity index is 1290. The maximum Gasteiger partial charge on any atom is 0.177 e. The number of aliphatic hydroxyl groups is 1. The minimum Gasteiger partial charge on any atom is -0.507 e. The van der Waals surface area contributed by atoms with E-state index in [2.05, 4.69) is 53.5 Å². The summed E-state index contributed by atoms with van der Waals surface area (Å²) in [4.78, 5) is 7.05. The predicted octanol–water partition coefficient (Wildman–Crippen LogP) is 5.47. The lowest BCUT2D eigenvalue weighted by molar-refractivity contribution is 0.433. The summed E-state index contributed by atoms with van der Waals surface area (Å²) in [5.41, 5.74) is 4.45. The summed E-state index contributed by atoms with van der Waals surface area (Å²) in [5, 5.41) is 23.8. The average Bonchev–Trinajstić information content (AvgIpc) is 2.84. The van der Waals surface area contributed by atoms with Crippen molar-refractivity contribution in [3.63, 3.8) is 0 Å². The number of pyridine rings is 1. The molecule has 0 bridgehead atoms. The fraction of sp³-hybridized carbons (Fsp3) is 0.296. The summed E-state index contributed by atoms with van der Waals surface area (Å²) < 4.78 is 14.5. The van der Waals surface area contributed by atoms with Crippen LogP contribution in [0.3, 0.4) is 0 Å². The maximum atomic E-state index is 14.5. The van der Waals surface area contributed by atoms with Crippen molar-refractivity contribution in [1.29, 1.82) is 0 Å². The molecule has 0 aliphatic carbocycles. The molecule has 1 aliphatic rings. The van der Waals surface area contributed by atoms with Gasteiger partial charge in [0.05, 0.1) is 5.57 Å². The second-order valence-electron chi connectivity index (χ2n) is 8.74. The molecular weight excluding hydrogens is 429 g/mol. The van der Waals surface area contributed by atoms with Gasteiger partial charge in [0.15, 0.2) is 5.82 Å². The first-order valence-electron chi connectivity index (χ1n) is 11.5. The van der Waals surface area contributed by atoms with Gasteiger partial charge in [-0.3, -0.25) is 0 Å². The second-order valence-corrected chi connectivity index (χ2v) is 8.74. The van der Waals surface area contributed by atoms with E-state index < -0.39 is 5.83 Å². The second kappa shape index (κ2) is 9.73. The summed E-state index contributed by atoms with van der Waals surface area (Å²) in [6.07, 6.45) is 1.20. The zero-order valence-corrected chi connectivity index (χ0v) is 19.9. The number of hydrogen-bond acceptors (Lipinski definition) is 6. The molecule has 176 valence electrons. The number of piperazine rings is 1. The Hall–Kier alpha value is -3.58. The van der Waals surface area contributed by atoms with Gasteiger partial charge >= 0.3 is 0 Å². The molecule has 0 unspecified atom stereocenters. The van der Waals surface area contributed by atoms with Gasteiger partial charge in [0.1, 0.15) is 22.8 Å². The monoisotopic (exact) mass is 459 g/mol. The predicted molar refractivity (Wildman–Crippen MR) is 137 cm³/mol. The fourth-order valence-corrected chi connectivity index (χ4v) is 4.44. The van der Waals surface area contributed by atoms with E-state index in [0.717, 1.165) is 42.7 Å². The van der Waals surface area contributed by atoms with Gasteiger partial charge in [-0.15, -0.1) is 10.2 Å². The van der Waals surface area contributed by atoms with Gasteiger partial charge in [0.25, 0.3) is 0 Å². The normalized spacial score (nSPS) is 14.9. The van der Waals surface area contributed by atoms with Crippen LogP contribution in [0, 0.1) is 6.92 Å². The molecule has 6 nitrogen and oxygen atoms in total. The topological polar surface area (TPSA) is 74.2 Å². The Labute approximate surface area is 199 Å². The van der Waals surface area contributed by atoms with E-state index in [-0.39, 0.29) is 17.3 Å². The smallest absolute Gasteiger partial charge is 0.177 e. The van der Waals surface area contributed by atoms with Crippen molar-refractivity contribution in [1.82, 2.24) is 20.5 Å². The largest absolute Gasteiger partial charge is 0.507 e. The zero-order valence-electron chi connectivity index (χ0n) is 19.9. The number of nitrogens with one attached hydrogen (secondary N) is 1. The number of aryl methyl sites for hydroxylation is 1. The number of benzene rings is 1. The van der Waals surface area contributed by atoms with Crippen LogP contribution in [0.5, 0.6) is 0 Å². The molecule has 1 saturated heterocycles.